The summed E-state index contributed by atoms with van der Waals surface area (Å²) in [6.45, 7) is 5.32. The van der Waals surface area contributed by atoms with E-state index in [0.29, 0.717) is 6.04 Å². The van der Waals surface area contributed by atoms with Crippen LogP contribution in [0.15, 0.2) is 12.4 Å². The Balaban J connectivity index is 2.63. The van der Waals surface area contributed by atoms with Crippen LogP contribution in [-0.4, -0.2) is 41.6 Å². The first-order valence-corrected chi connectivity index (χ1v) is 7.86. The average molecular weight is 268 g/mol. The zero-order valence-corrected chi connectivity index (χ0v) is 12.6. The van der Waals surface area contributed by atoms with Crippen molar-refractivity contribution in [2.24, 2.45) is 0 Å². The van der Waals surface area contributed by atoms with Crippen LogP contribution in [0, 0.1) is 0 Å². The molecule has 0 spiro atoms. The lowest BCUT2D eigenvalue weighted by Gasteiger charge is -2.25. The predicted octanol–water partition coefficient (Wildman–Crippen LogP) is 2.88. The summed E-state index contributed by atoms with van der Waals surface area (Å²) < 4.78 is 0. The fourth-order valence-electron chi connectivity index (χ4n) is 1.60. The molecule has 0 bridgehead atoms. The Morgan fingerprint density at radius 2 is 2.22 bits per heavy atom. The molecule has 4 nitrogen and oxygen atoms in total. The molecule has 0 saturated carbocycles. The van der Waals surface area contributed by atoms with Crippen molar-refractivity contribution in [3.8, 4) is 0 Å². The Bertz CT molecular complexity index is 346. The van der Waals surface area contributed by atoms with E-state index in [0.717, 1.165) is 24.6 Å². The number of hydrogen-bond acceptors (Lipinski definition) is 5. The Morgan fingerprint density at radius 3 is 2.89 bits per heavy atom. The molecule has 0 fully saturated rings. The van der Waals surface area contributed by atoms with Gasteiger partial charge in [0, 0.05) is 25.7 Å². The monoisotopic (exact) mass is 268 g/mol. The number of thioether (sulfide) groups is 1. The Kier molecular flexibility index (Phi) is 6.86. The van der Waals surface area contributed by atoms with Crippen LogP contribution in [-0.2, 0) is 0 Å². The molecule has 18 heavy (non-hydrogen) atoms. The first-order chi connectivity index (χ1) is 8.69. The molecule has 1 rings (SSSR count). The lowest BCUT2D eigenvalue weighted by atomic mass is 10.2. The summed E-state index contributed by atoms with van der Waals surface area (Å²) in [5.74, 6) is 3.07. The Hall–Kier alpha value is -0.970. The minimum atomic E-state index is 0.492. The molecule has 102 valence electrons. The maximum Gasteiger partial charge on any atom is 0.134 e. The van der Waals surface area contributed by atoms with E-state index in [1.54, 1.807) is 6.33 Å². The highest BCUT2D eigenvalue weighted by molar-refractivity contribution is 7.98. The van der Waals surface area contributed by atoms with Crippen LogP contribution in [0.5, 0.6) is 0 Å². The Labute approximate surface area is 115 Å². The van der Waals surface area contributed by atoms with Gasteiger partial charge in [0.05, 0.1) is 0 Å². The third-order valence-electron chi connectivity index (χ3n) is 2.97. The van der Waals surface area contributed by atoms with Crippen LogP contribution in [0.2, 0.25) is 0 Å². The number of hydrogen-bond donors (Lipinski definition) is 1. The van der Waals surface area contributed by atoms with Gasteiger partial charge in [0.1, 0.15) is 18.0 Å². The van der Waals surface area contributed by atoms with E-state index in [1.165, 1.54) is 12.2 Å². The summed E-state index contributed by atoms with van der Waals surface area (Å²) in [6.07, 6.45) is 6.04. The van der Waals surface area contributed by atoms with Crippen molar-refractivity contribution in [1.29, 1.82) is 0 Å². The molecule has 0 radical (unpaired) electrons. The van der Waals surface area contributed by atoms with Gasteiger partial charge >= 0.3 is 0 Å². The van der Waals surface area contributed by atoms with E-state index in [2.05, 4.69) is 47.3 Å². The molecular formula is C13H24N4S. The van der Waals surface area contributed by atoms with Gasteiger partial charge in [-0.1, -0.05) is 6.92 Å². The molecule has 0 aliphatic heterocycles. The number of rotatable bonds is 8. The SMILES string of the molecule is CCCNc1cc(N(C)C(C)CCSC)ncn1. The second-order valence-electron chi connectivity index (χ2n) is 4.43. The highest BCUT2D eigenvalue weighted by Gasteiger charge is 2.11. The molecule has 0 aliphatic carbocycles. The quantitative estimate of drug-likeness (QED) is 0.785. The molecule has 0 amide bonds. The largest absolute Gasteiger partial charge is 0.370 e. The highest BCUT2D eigenvalue weighted by Crippen LogP contribution is 2.17. The van der Waals surface area contributed by atoms with Gasteiger partial charge in [-0.3, -0.25) is 0 Å². The van der Waals surface area contributed by atoms with Crippen molar-refractivity contribution in [2.75, 3.05) is 35.8 Å². The lowest BCUT2D eigenvalue weighted by Crippen LogP contribution is -2.30. The molecule has 1 atom stereocenters. The first kappa shape index (κ1) is 15.1. The number of nitrogens with one attached hydrogen (secondary N) is 1. The number of aromatic nitrogens is 2. The van der Waals surface area contributed by atoms with Crippen molar-refractivity contribution >= 4 is 23.4 Å². The predicted molar refractivity (Wildman–Crippen MR) is 81.7 cm³/mol. The molecule has 1 aromatic rings. The average Bonchev–Trinajstić information content (AvgIpc) is 2.42. The second-order valence-corrected chi connectivity index (χ2v) is 5.42. The minimum absolute atomic E-state index is 0.492. The fourth-order valence-corrected chi connectivity index (χ4v) is 2.17. The van der Waals surface area contributed by atoms with Crippen molar-refractivity contribution in [3.63, 3.8) is 0 Å². The van der Waals surface area contributed by atoms with Gasteiger partial charge in [-0.25, -0.2) is 9.97 Å². The van der Waals surface area contributed by atoms with Gasteiger partial charge in [-0.05, 0) is 31.8 Å². The second kappa shape index (κ2) is 8.19. The van der Waals surface area contributed by atoms with E-state index < -0.39 is 0 Å². The normalized spacial score (nSPS) is 12.2. The van der Waals surface area contributed by atoms with E-state index in [-0.39, 0.29) is 0 Å². The van der Waals surface area contributed by atoms with Gasteiger partial charge in [0.15, 0.2) is 0 Å². The van der Waals surface area contributed by atoms with Gasteiger partial charge in [0.25, 0.3) is 0 Å². The lowest BCUT2D eigenvalue weighted by molar-refractivity contribution is 0.661. The van der Waals surface area contributed by atoms with Gasteiger partial charge in [-0.2, -0.15) is 11.8 Å². The fraction of sp³-hybridized carbons (Fsp3) is 0.692. The third kappa shape index (κ3) is 4.72. The summed E-state index contributed by atoms with van der Waals surface area (Å²) in [4.78, 5) is 10.8. The van der Waals surface area contributed by atoms with Crippen molar-refractivity contribution in [1.82, 2.24) is 9.97 Å². The van der Waals surface area contributed by atoms with Crippen LogP contribution < -0.4 is 10.2 Å². The summed E-state index contributed by atoms with van der Waals surface area (Å²) in [5, 5.41) is 3.29. The summed E-state index contributed by atoms with van der Waals surface area (Å²) in [7, 11) is 2.09. The maximum absolute atomic E-state index is 4.34. The van der Waals surface area contributed by atoms with Gasteiger partial charge < -0.3 is 10.2 Å². The maximum atomic E-state index is 4.34. The first-order valence-electron chi connectivity index (χ1n) is 6.46. The van der Waals surface area contributed by atoms with Crippen molar-refractivity contribution in [2.45, 2.75) is 32.7 Å². The van der Waals surface area contributed by atoms with E-state index in [1.807, 2.05) is 17.8 Å². The van der Waals surface area contributed by atoms with Gasteiger partial charge in [0.2, 0.25) is 0 Å². The topological polar surface area (TPSA) is 41.0 Å². The zero-order chi connectivity index (χ0) is 13.4. The van der Waals surface area contributed by atoms with Crippen LogP contribution in [0.25, 0.3) is 0 Å². The highest BCUT2D eigenvalue weighted by atomic mass is 32.2. The summed E-state index contributed by atoms with van der Waals surface area (Å²) >= 11 is 1.89. The van der Waals surface area contributed by atoms with Crippen LogP contribution in [0.3, 0.4) is 0 Å². The van der Waals surface area contributed by atoms with E-state index in [9.17, 15) is 0 Å². The molecular weight excluding hydrogens is 244 g/mol. The van der Waals surface area contributed by atoms with E-state index >= 15 is 0 Å². The molecule has 1 heterocycles. The molecule has 1 unspecified atom stereocenters. The molecule has 0 aromatic carbocycles. The molecule has 0 saturated heterocycles. The molecule has 1 aromatic heterocycles. The number of anilines is 2. The molecule has 1 N–H and O–H groups in total. The van der Waals surface area contributed by atoms with Crippen LogP contribution >= 0.6 is 11.8 Å². The number of nitrogens with zero attached hydrogens (tertiary/aromatic N) is 3. The van der Waals surface area contributed by atoms with Gasteiger partial charge in [-0.15, -0.1) is 0 Å². The minimum Gasteiger partial charge on any atom is -0.370 e. The molecule has 0 aliphatic rings. The molecule has 5 heteroatoms. The van der Waals surface area contributed by atoms with Crippen molar-refractivity contribution < 1.29 is 0 Å². The smallest absolute Gasteiger partial charge is 0.134 e. The van der Waals surface area contributed by atoms with Crippen LogP contribution in [0.4, 0.5) is 11.6 Å². The summed E-state index contributed by atoms with van der Waals surface area (Å²) in [6, 6.07) is 2.51. The van der Waals surface area contributed by atoms with E-state index in [4.69, 9.17) is 0 Å². The third-order valence-corrected chi connectivity index (χ3v) is 3.61. The van der Waals surface area contributed by atoms with Crippen molar-refractivity contribution in [3.05, 3.63) is 12.4 Å². The summed E-state index contributed by atoms with van der Waals surface area (Å²) in [5.41, 5.74) is 0. The zero-order valence-electron chi connectivity index (χ0n) is 11.8. The Morgan fingerprint density at radius 1 is 1.44 bits per heavy atom. The standard InChI is InChI=1S/C13H24N4S/c1-5-7-14-12-9-13(16-10-15-12)17(3)11(2)6-8-18-4/h9-11H,5-8H2,1-4H3,(H,14,15,16). The van der Waals surface area contributed by atoms with Crippen LogP contribution in [0.1, 0.15) is 26.7 Å².